The van der Waals surface area contributed by atoms with Gasteiger partial charge in [0.25, 0.3) is 0 Å². The molecule has 0 radical (unpaired) electrons. The molecule has 0 rings (SSSR count). The van der Waals surface area contributed by atoms with Crippen LogP contribution in [-0.4, -0.2) is 0 Å². The maximum absolute atomic E-state index is 2.18. The van der Waals surface area contributed by atoms with Gasteiger partial charge in [0.15, 0.2) is 0 Å². The molecule has 0 N–H and O–H groups in total. The Bertz CT molecular complexity index is 34.5. The summed E-state index contributed by atoms with van der Waals surface area (Å²) in [5.74, 6) is 0. The van der Waals surface area contributed by atoms with Gasteiger partial charge in [-0.3, -0.25) is 0 Å². The maximum Gasteiger partial charge on any atom is -1.00 e. The van der Waals surface area contributed by atoms with E-state index in [1.54, 1.807) is 0 Å². The van der Waals surface area contributed by atoms with E-state index in [0.717, 1.165) is 0 Å². The Morgan fingerprint density at radius 3 is 2.17 bits per heavy atom. The zero-order valence-electron chi connectivity index (χ0n) is 3.95. The molecule has 0 aliphatic carbocycles. The summed E-state index contributed by atoms with van der Waals surface area (Å²) >= 11 is 1.39. The zero-order chi connectivity index (χ0) is 4.12. The van der Waals surface area contributed by atoms with Crippen molar-refractivity contribution in [2.45, 2.75) is 11.9 Å². The van der Waals surface area contributed by atoms with Crippen molar-refractivity contribution in [1.29, 1.82) is 0 Å². The molecule has 0 saturated heterocycles. The third-order valence-electron chi connectivity index (χ3n) is 0.402. The van der Waals surface area contributed by atoms with E-state index in [2.05, 4.69) is 19.1 Å². The second-order valence-corrected chi connectivity index (χ2v) is 2.07. The predicted octanol–water partition coefficient (Wildman–Crippen LogP) is -1.47. The van der Waals surface area contributed by atoms with Gasteiger partial charge in [-0.15, -0.1) is 0 Å². The Hall–Kier alpha value is 0.653. The first-order chi connectivity index (χ1) is 2.41. The molecule has 0 heterocycles. The number of allylic oxidation sites excluding steroid dienone is 2. The van der Waals surface area contributed by atoms with Crippen LogP contribution in [0.5, 0.6) is 0 Å². The normalized spacial score (nSPS) is 8.50. The van der Waals surface area contributed by atoms with Gasteiger partial charge in [0.2, 0.25) is 0 Å². The van der Waals surface area contributed by atoms with Gasteiger partial charge < -0.3 is 12.4 Å². The van der Waals surface area contributed by atoms with Crippen LogP contribution in [0.3, 0.4) is 0 Å². The van der Waals surface area contributed by atoms with Crippen LogP contribution < -0.4 is 12.4 Å². The molecule has 0 bridgehead atoms. The molecular weight excluding hydrogens is 149 g/mol. The van der Waals surface area contributed by atoms with Crippen LogP contribution in [0.4, 0.5) is 0 Å². The van der Waals surface area contributed by atoms with E-state index in [1.807, 2.05) is 0 Å². The first-order valence-electron chi connectivity index (χ1n) is 1.82. The SMILES string of the molecule is CC=C[CH2][Zn+].[Cl-]. The van der Waals surface area contributed by atoms with Gasteiger partial charge >= 0.3 is 42.4 Å². The van der Waals surface area contributed by atoms with Gasteiger partial charge in [0, 0.05) is 0 Å². The van der Waals surface area contributed by atoms with E-state index < -0.39 is 0 Å². The van der Waals surface area contributed by atoms with Crippen LogP contribution in [0.15, 0.2) is 12.2 Å². The van der Waals surface area contributed by atoms with Crippen molar-refractivity contribution < 1.29 is 30.7 Å². The molecule has 0 aromatic carbocycles. The minimum absolute atomic E-state index is 0. The van der Waals surface area contributed by atoms with Gasteiger partial charge in [0.05, 0.1) is 0 Å². The topological polar surface area (TPSA) is 0 Å². The third kappa shape index (κ3) is 8.82. The molecule has 6 heavy (non-hydrogen) atoms. The summed E-state index contributed by atoms with van der Waals surface area (Å²) in [5, 5.41) is 1.29. The molecule has 0 unspecified atom stereocenters. The average molecular weight is 156 g/mol. The number of hydrogen-bond acceptors (Lipinski definition) is 0. The number of rotatable bonds is 1. The first kappa shape index (κ1) is 9.82. The summed E-state index contributed by atoms with van der Waals surface area (Å²) in [7, 11) is 0. The Labute approximate surface area is 55.1 Å². The first-order valence-corrected chi connectivity index (χ1v) is 3.92. The quantitative estimate of drug-likeness (QED) is 0.321. The largest absolute Gasteiger partial charge is 1.00 e. The maximum atomic E-state index is 2.18. The number of hydrogen-bond donors (Lipinski definition) is 0. The van der Waals surface area contributed by atoms with E-state index in [-0.39, 0.29) is 12.4 Å². The Kier molecular flexibility index (Phi) is 15.0. The van der Waals surface area contributed by atoms with Gasteiger partial charge in [-0.2, -0.15) is 0 Å². The fourth-order valence-corrected chi connectivity index (χ4v) is 0.866. The molecule has 0 amide bonds. The van der Waals surface area contributed by atoms with Crippen molar-refractivity contribution in [3.05, 3.63) is 12.2 Å². The van der Waals surface area contributed by atoms with Gasteiger partial charge in [-0.1, -0.05) is 0 Å². The summed E-state index contributed by atoms with van der Waals surface area (Å²) < 4.78 is 0. The number of halogens is 1. The molecule has 0 nitrogen and oxygen atoms in total. The van der Waals surface area contributed by atoms with Crippen LogP contribution in [0.2, 0.25) is 5.02 Å². The zero-order valence-corrected chi connectivity index (χ0v) is 7.67. The molecule has 32 valence electrons. The van der Waals surface area contributed by atoms with Crippen LogP contribution in [0.25, 0.3) is 0 Å². The van der Waals surface area contributed by atoms with E-state index >= 15 is 0 Å². The van der Waals surface area contributed by atoms with Gasteiger partial charge in [-0.25, -0.2) is 0 Å². The summed E-state index contributed by atoms with van der Waals surface area (Å²) in [5.41, 5.74) is 0. The molecule has 0 aromatic rings. The monoisotopic (exact) mass is 154 g/mol. The Morgan fingerprint density at radius 2 is 2.17 bits per heavy atom. The van der Waals surface area contributed by atoms with Gasteiger partial charge in [0.1, 0.15) is 0 Å². The van der Waals surface area contributed by atoms with Crippen molar-refractivity contribution in [3.8, 4) is 0 Å². The molecule has 2 heteroatoms. The van der Waals surface area contributed by atoms with E-state index in [9.17, 15) is 0 Å². The molecule has 0 fully saturated rings. The molecule has 0 aliphatic heterocycles. The van der Waals surface area contributed by atoms with Crippen LogP contribution >= 0.6 is 0 Å². The van der Waals surface area contributed by atoms with E-state index in [1.165, 1.54) is 23.3 Å². The summed E-state index contributed by atoms with van der Waals surface area (Å²) in [4.78, 5) is 0. The third-order valence-corrected chi connectivity index (χ3v) is 1.10. The smallest absolute Gasteiger partial charge is 1.00 e. The van der Waals surface area contributed by atoms with Crippen LogP contribution in [0, 0.1) is 0 Å². The van der Waals surface area contributed by atoms with Crippen molar-refractivity contribution in [2.24, 2.45) is 0 Å². The van der Waals surface area contributed by atoms with Gasteiger partial charge in [-0.05, 0) is 0 Å². The summed E-state index contributed by atoms with van der Waals surface area (Å²) in [6.45, 7) is 2.05. The molecular formula is C4H7ClZn. The molecule has 0 atom stereocenters. The molecule has 0 spiro atoms. The molecule has 0 aliphatic rings. The van der Waals surface area contributed by atoms with E-state index in [0.29, 0.717) is 0 Å². The Balaban J connectivity index is 0. The minimum atomic E-state index is 0. The van der Waals surface area contributed by atoms with Crippen molar-refractivity contribution >= 4 is 0 Å². The van der Waals surface area contributed by atoms with Crippen molar-refractivity contribution in [1.82, 2.24) is 0 Å². The molecule has 0 aromatic heterocycles. The van der Waals surface area contributed by atoms with Crippen molar-refractivity contribution in [2.75, 3.05) is 0 Å². The fourth-order valence-electron chi connectivity index (χ4n) is 0.167. The second kappa shape index (κ2) is 9.17. The molecule has 0 saturated carbocycles. The summed E-state index contributed by atoms with van der Waals surface area (Å²) in [6.07, 6.45) is 4.27. The van der Waals surface area contributed by atoms with Crippen LogP contribution in [0.1, 0.15) is 6.92 Å². The average Bonchev–Trinajstić information content (AvgIpc) is 1.41. The fraction of sp³-hybridized carbons (Fsp3) is 0.500. The van der Waals surface area contributed by atoms with Crippen LogP contribution in [-0.2, 0) is 18.3 Å². The predicted molar refractivity (Wildman–Crippen MR) is 19.6 cm³/mol. The Morgan fingerprint density at radius 1 is 1.67 bits per heavy atom. The minimum Gasteiger partial charge on any atom is -1.00 e. The summed E-state index contributed by atoms with van der Waals surface area (Å²) in [6, 6.07) is 0. The standard InChI is InChI=1S/C4H7.ClH.Zn/c1-3-4-2;;/h3-4H,1H2,2H3;1H;/q;;+1/p-1. The van der Waals surface area contributed by atoms with E-state index in [4.69, 9.17) is 0 Å². The second-order valence-electron chi connectivity index (χ2n) is 0.858. The van der Waals surface area contributed by atoms with Crippen molar-refractivity contribution in [3.63, 3.8) is 0 Å².